The highest BCUT2D eigenvalue weighted by Crippen LogP contribution is 2.16. The maximum Gasteiger partial charge on any atom is 0.329 e. The first kappa shape index (κ1) is 17.3. The predicted octanol–water partition coefficient (Wildman–Crippen LogP) is 1.12. The Bertz CT molecular complexity index is 1230. The minimum Gasteiger partial charge on any atom is -0.313 e. The number of aromatic nitrogens is 5. The molecule has 0 saturated heterocycles. The molecule has 0 saturated carbocycles. The monoisotopic (exact) mass is 366 g/mol. The lowest BCUT2D eigenvalue weighted by Gasteiger charge is -2.17. The Morgan fingerprint density at radius 3 is 2.67 bits per heavy atom. The van der Waals surface area contributed by atoms with E-state index in [1.54, 1.807) is 11.4 Å². The molecule has 3 heterocycles. The zero-order chi connectivity index (χ0) is 19.1. The molecule has 27 heavy (non-hydrogen) atoms. The first-order valence-electron chi connectivity index (χ1n) is 8.85. The summed E-state index contributed by atoms with van der Waals surface area (Å²) < 4.78 is 5.20. The molecule has 1 aromatic carbocycles. The molecule has 0 radical (unpaired) electrons. The Hall–Kier alpha value is -3.13. The minimum atomic E-state index is -0.459. The van der Waals surface area contributed by atoms with Crippen molar-refractivity contribution in [1.29, 1.82) is 0 Å². The van der Waals surface area contributed by atoms with Crippen molar-refractivity contribution >= 4 is 16.9 Å². The Morgan fingerprint density at radius 1 is 1.19 bits per heavy atom. The molecular weight excluding hydrogens is 344 g/mol. The number of nitrogens with zero attached hydrogens (tertiary/aromatic N) is 5. The van der Waals surface area contributed by atoms with Gasteiger partial charge in [-0.05, 0) is 19.5 Å². The standard InChI is InChI=1S/C19H22N6O2/c1-13-11-25-15-16(23(3)19(27)21-17(15)26)20-18(25)24(13)10-9-22(2)12-14-7-5-4-6-8-14/h4-8,11H,9-10,12H2,1-3H3,(H,21,26,27). The van der Waals surface area contributed by atoms with Crippen molar-refractivity contribution in [2.75, 3.05) is 13.6 Å². The molecule has 8 heteroatoms. The van der Waals surface area contributed by atoms with Gasteiger partial charge >= 0.3 is 5.69 Å². The highest BCUT2D eigenvalue weighted by Gasteiger charge is 2.17. The third-order valence-electron chi connectivity index (χ3n) is 4.92. The van der Waals surface area contributed by atoms with Gasteiger partial charge in [0.15, 0.2) is 11.2 Å². The normalized spacial score (nSPS) is 11.9. The molecule has 3 aromatic heterocycles. The molecule has 1 N–H and O–H groups in total. The van der Waals surface area contributed by atoms with Crippen LogP contribution in [0.1, 0.15) is 11.3 Å². The summed E-state index contributed by atoms with van der Waals surface area (Å²) in [6, 6.07) is 10.3. The molecule has 0 aliphatic heterocycles. The smallest absolute Gasteiger partial charge is 0.313 e. The number of aryl methyl sites for hydroxylation is 2. The van der Waals surface area contributed by atoms with Crippen molar-refractivity contribution < 1.29 is 0 Å². The summed E-state index contributed by atoms with van der Waals surface area (Å²) in [5.41, 5.74) is 2.19. The number of benzene rings is 1. The van der Waals surface area contributed by atoms with Crippen LogP contribution in [0.25, 0.3) is 16.9 Å². The van der Waals surface area contributed by atoms with E-state index in [0.717, 1.165) is 25.3 Å². The van der Waals surface area contributed by atoms with Crippen molar-refractivity contribution in [3.63, 3.8) is 0 Å². The summed E-state index contributed by atoms with van der Waals surface area (Å²) in [5, 5.41) is 0. The van der Waals surface area contributed by atoms with Crippen molar-refractivity contribution in [3.05, 3.63) is 68.6 Å². The summed E-state index contributed by atoms with van der Waals surface area (Å²) >= 11 is 0. The minimum absolute atomic E-state index is 0.394. The van der Waals surface area contributed by atoms with E-state index in [2.05, 4.69) is 38.6 Å². The molecule has 0 amide bonds. The number of fused-ring (bicyclic) bond motifs is 3. The first-order chi connectivity index (χ1) is 13.0. The Labute approximate surface area is 155 Å². The molecule has 0 bridgehead atoms. The number of rotatable bonds is 5. The van der Waals surface area contributed by atoms with E-state index in [-0.39, 0.29) is 0 Å². The van der Waals surface area contributed by atoms with Gasteiger partial charge in [-0.25, -0.2) is 4.79 Å². The second kappa shape index (κ2) is 6.55. The maximum atomic E-state index is 12.3. The number of hydrogen-bond acceptors (Lipinski definition) is 4. The van der Waals surface area contributed by atoms with E-state index in [4.69, 9.17) is 0 Å². The zero-order valence-corrected chi connectivity index (χ0v) is 15.6. The fourth-order valence-corrected chi connectivity index (χ4v) is 3.44. The van der Waals surface area contributed by atoms with Gasteiger partial charge in [-0.15, -0.1) is 0 Å². The van der Waals surface area contributed by atoms with Gasteiger partial charge in [0, 0.05) is 38.6 Å². The topological polar surface area (TPSA) is 80.3 Å². The van der Waals surface area contributed by atoms with E-state index in [0.29, 0.717) is 16.9 Å². The molecular formula is C19H22N6O2. The third kappa shape index (κ3) is 2.97. The van der Waals surface area contributed by atoms with Gasteiger partial charge in [-0.2, -0.15) is 4.98 Å². The van der Waals surface area contributed by atoms with Crippen molar-refractivity contribution in [2.45, 2.75) is 20.0 Å². The third-order valence-corrected chi connectivity index (χ3v) is 4.92. The Morgan fingerprint density at radius 2 is 1.93 bits per heavy atom. The number of H-pyrrole nitrogens is 1. The summed E-state index contributed by atoms with van der Waals surface area (Å²) in [5.74, 6) is 0.669. The number of nitrogens with one attached hydrogen (secondary N) is 1. The number of imidazole rings is 2. The van der Waals surface area contributed by atoms with E-state index in [1.165, 1.54) is 10.1 Å². The van der Waals surface area contributed by atoms with Gasteiger partial charge < -0.3 is 9.47 Å². The van der Waals surface area contributed by atoms with Gasteiger partial charge in [0.25, 0.3) is 5.56 Å². The van der Waals surface area contributed by atoms with Crippen LogP contribution in [0.15, 0.2) is 46.1 Å². The lowest BCUT2D eigenvalue weighted by molar-refractivity contribution is 0.312. The summed E-state index contributed by atoms with van der Waals surface area (Å²) in [4.78, 5) is 33.3. The summed E-state index contributed by atoms with van der Waals surface area (Å²) in [6.07, 6.45) is 1.89. The molecule has 8 nitrogen and oxygen atoms in total. The van der Waals surface area contributed by atoms with E-state index in [1.807, 2.05) is 31.3 Å². The summed E-state index contributed by atoms with van der Waals surface area (Å²) in [7, 11) is 3.69. The quantitative estimate of drug-likeness (QED) is 0.574. The van der Waals surface area contributed by atoms with Crippen LogP contribution in [0.2, 0.25) is 0 Å². The second-order valence-corrected chi connectivity index (χ2v) is 6.92. The Kier molecular flexibility index (Phi) is 4.19. The largest absolute Gasteiger partial charge is 0.329 e. The SMILES string of the molecule is Cc1cn2c3c(=O)[nH]c(=O)n(C)c3nc2n1CCN(C)Cc1ccccc1. The number of hydrogen-bond donors (Lipinski definition) is 1. The lowest BCUT2D eigenvalue weighted by atomic mass is 10.2. The zero-order valence-electron chi connectivity index (χ0n) is 15.6. The molecule has 4 rings (SSSR count). The van der Waals surface area contributed by atoms with Crippen LogP contribution >= 0.6 is 0 Å². The van der Waals surface area contributed by atoms with Gasteiger partial charge in [0.1, 0.15) is 0 Å². The number of likely N-dealkylation sites (N-methyl/N-ethyl adjacent to an activating group) is 1. The van der Waals surface area contributed by atoms with Crippen LogP contribution in [0.3, 0.4) is 0 Å². The summed E-state index contributed by atoms with van der Waals surface area (Å²) in [6.45, 7) is 4.43. The van der Waals surface area contributed by atoms with E-state index in [9.17, 15) is 9.59 Å². The molecule has 140 valence electrons. The fraction of sp³-hybridized carbons (Fsp3) is 0.316. The molecule has 0 aliphatic carbocycles. The highest BCUT2D eigenvalue weighted by atomic mass is 16.2. The number of aromatic amines is 1. The van der Waals surface area contributed by atoms with Crippen LogP contribution < -0.4 is 11.2 Å². The highest BCUT2D eigenvalue weighted by molar-refractivity contribution is 5.75. The van der Waals surface area contributed by atoms with Crippen LogP contribution in [-0.4, -0.2) is 42.0 Å². The van der Waals surface area contributed by atoms with Crippen LogP contribution in [0, 0.1) is 6.92 Å². The van der Waals surface area contributed by atoms with E-state index >= 15 is 0 Å². The fourth-order valence-electron chi connectivity index (χ4n) is 3.44. The van der Waals surface area contributed by atoms with Crippen molar-refractivity contribution in [2.24, 2.45) is 7.05 Å². The molecule has 0 fully saturated rings. The second-order valence-electron chi connectivity index (χ2n) is 6.92. The molecule has 0 aliphatic rings. The van der Waals surface area contributed by atoms with Crippen molar-refractivity contribution in [3.8, 4) is 0 Å². The molecule has 0 spiro atoms. The van der Waals surface area contributed by atoms with Crippen LogP contribution in [-0.2, 0) is 20.1 Å². The van der Waals surface area contributed by atoms with Gasteiger partial charge in [-0.3, -0.25) is 18.7 Å². The van der Waals surface area contributed by atoms with Gasteiger partial charge in [-0.1, -0.05) is 30.3 Å². The first-order valence-corrected chi connectivity index (χ1v) is 8.85. The molecule has 4 aromatic rings. The predicted molar refractivity (Wildman–Crippen MR) is 104 cm³/mol. The Balaban J connectivity index is 1.66. The maximum absolute atomic E-state index is 12.3. The van der Waals surface area contributed by atoms with Gasteiger partial charge in [0.2, 0.25) is 5.78 Å². The molecule has 0 atom stereocenters. The van der Waals surface area contributed by atoms with Crippen molar-refractivity contribution in [1.82, 2.24) is 28.4 Å². The van der Waals surface area contributed by atoms with Crippen LogP contribution in [0.5, 0.6) is 0 Å². The van der Waals surface area contributed by atoms with Crippen LogP contribution in [0.4, 0.5) is 0 Å². The average Bonchev–Trinajstić information content (AvgIpc) is 3.14. The van der Waals surface area contributed by atoms with E-state index < -0.39 is 11.2 Å². The molecule has 0 unspecified atom stereocenters. The lowest BCUT2D eigenvalue weighted by Crippen LogP contribution is -2.28. The average molecular weight is 366 g/mol. The van der Waals surface area contributed by atoms with Gasteiger partial charge in [0.05, 0.1) is 0 Å².